The molecule has 1 heterocycles. The van der Waals surface area contributed by atoms with Crippen LogP contribution in [0.4, 0.5) is 13.2 Å². The van der Waals surface area contributed by atoms with E-state index in [1.165, 1.54) is 6.92 Å². The molecular formula is C11H15ClF3N3O. The van der Waals surface area contributed by atoms with Gasteiger partial charge >= 0.3 is 6.18 Å². The van der Waals surface area contributed by atoms with Crippen molar-refractivity contribution in [2.75, 3.05) is 6.54 Å². The molecule has 0 bridgehead atoms. The number of carbonyl (C=O) groups excluding carboxylic acids is 1. The summed E-state index contributed by atoms with van der Waals surface area (Å²) in [5.74, 6) is -0.137. The Balaban J connectivity index is 2.83. The van der Waals surface area contributed by atoms with Gasteiger partial charge in [-0.05, 0) is 12.8 Å². The van der Waals surface area contributed by atoms with Gasteiger partial charge in [0.1, 0.15) is 6.54 Å². The first-order chi connectivity index (χ1) is 8.62. The zero-order valence-electron chi connectivity index (χ0n) is 10.8. The van der Waals surface area contributed by atoms with Crippen LogP contribution in [-0.2, 0) is 17.5 Å². The van der Waals surface area contributed by atoms with E-state index in [-0.39, 0.29) is 18.2 Å². The number of rotatable bonds is 4. The van der Waals surface area contributed by atoms with Gasteiger partial charge in [0.05, 0.1) is 10.7 Å². The molecular weight excluding hydrogens is 283 g/mol. The third kappa shape index (κ3) is 4.12. The van der Waals surface area contributed by atoms with Crippen LogP contribution in [0.15, 0.2) is 0 Å². The summed E-state index contributed by atoms with van der Waals surface area (Å²) in [6.07, 6.45) is -4.62. The number of hydrogen-bond donors (Lipinski definition) is 1. The number of amides is 1. The number of nitrogens with one attached hydrogen (secondary N) is 1. The maximum atomic E-state index is 12.6. The van der Waals surface area contributed by atoms with Gasteiger partial charge in [-0.2, -0.15) is 18.3 Å². The van der Waals surface area contributed by atoms with E-state index in [1.807, 2.05) is 13.8 Å². The van der Waals surface area contributed by atoms with Crippen LogP contribution in [-0.4, -0.2) is 22.2 Å². The summed E-state index contributed by atoms with van der Waals surface area (Å²) in [6.45, 7) is 5.39. The fourth-order valence-electron chi connectivity index (χ4n) is 1.37. The molecule has 108 valence electrons. The lowest BCUT2D eigenvalue weighted by Crippen LogP contribution is -2.31. The van der Waals surface area contributed by atoms with Crippen LogP contribution in [0.3, 0.4) is 0 Å². The molecule has 1 rings (SSSR count). The third-order valence-electron chi connectivity index (χ3n) is 2.40. The van der Waals surface area contributed by atoms with Crippen molar-refractivity contribution in [3.63, 3.8) is 0 Å². The Morgan fingerprint density at radius 1 is 1.47 bits per heavy atom. The van der Waals surface area contributed by atoms with Crippen LogP contribution in [0.25, 0.3) is 0 Å². The average Bonchev–Trinajstić information content (AvgIpc) is 2.54. The summed E-state index contributed by atoms with van der Waals surface area (Å²) in [5, 5.41) is 5.48. The SMILES string of the molecule is Cc1c(Cl)c(C(F)(F)F)nn1CC(=O)NCC(C)C. The van der Waals surface area contributed by atoms with E-state index in [4.69, 9.17) is 11.6 Å². The number of hydrogen-bond acceptors (Lipinski definition) is 2. The largest absolute Gasteiger partial charge is 0.436 e. The van der Waals surface area contributed by atoms with E-state index in [0.29, 0.717) is 6.54 Å². The smallest absolute Gasteiger partial charge is 0.354 e. The summed E-state index contributed by atoms with van der Waals surface area (Å²) in [6, 6.07) is 0. The standard InChI is InChI=1S/C11H15ClF3N3O/c1-6(2)4-16-8(19)5-18-7(3)9(12)10(17-18)11(13,14)15/h6H,4-5H2,1-3H3,(H,16,19). The van der Waals surface area contributed by atoms with Gasteiger partial charge in [0.25, 0.3) is 0 Å². The first kappa shape index (κ1) is 15.8. The summed E-state index contributed by atoms with van der Waals surface area (Å²) < 4.78 is 38.7. The average molecular weight is 298 g/mol. The molecule has 0 atom stereocenters. The molecule has 0 saturated heterocycles. The minimum atomic E-state index is -4.62. The summed E-state index contributed by atoms with van der Waals surface area (Å²) in [4.78, 5) is 11.5. The molecule has 1 amide bonds. The summed E-state index contributed by atoms with van der Waals surface area (Å²) in [5.41, 5.74) is -1.04. The van der Waals surface area contributed by atoms with Gasteiger partial charge in [-0.1, -0.05) is 25.4 Å². The summed E-state index contributed by atoms with van der Waals surface area (Å²) in [7, 11) is 0. The van der Waals surface area contributed by atoms with Crippen LogP contribution < -0.4 is 5.32 Å². The van der Waals surface area contributed by atoms with Gasteiger partial charge < -0.3 is 5.32 Å². The minimum absolute atomic E-state index is 0.119. The maximum absolute atomic E-state index is 12.6. The molecule has 0 aliphatic rings. The van der Waals surface area contributed by atoms with Crippen LogP contribution in [0.2, 0.25) is 5.02 Å². The molecule has 1 N–H and O–H groups in total. The number of halogens is 4. The van der Waals surface area contributed by atoms with E-state index >= 15 is 0 Å². The van der Waals surface area contributed by atoms with E-state index < -0.39 is 22.8 Å². The van der Waals surface area contributed by atoms with Crippen molar-refractivity contribution in [3.8, 4) is 0 Å². The highest BCUT2D eigenvalue weighted by atomic mass is 35.5. The van der Waals surface area contributed by atoms with Crippen LogP contribution in [0.1, 0.15) is 25.2 Å². The molecule has 0 spiro atoms. The normalized spacial score (nSPS) is 12.0. The van der Waals surface area contributed by atoms with E-state index in [0.717, 1.165) is 4.68 Å². The molecule has 0 aliphatic carbocycles. The fourth-order valence-corrected chi connectivity index (χ4v) is 1.61. The maximum Gasteiger partial charge on any atom is 0.436 e. The monoisotopic (exact) mass is 297 g/mol. The number of alkyl halides is 3. The Bertz CT molecular complexity index is 468. The quantitative estimate of drug-likeness (QED) is 0.928. The second-order valence-corrected chi connectivity index (χ2v) is 4.98. The van der Waals surface area contributed by atoms with Gasteiger partial charge in [0, 0.05) is 6.54 Å². The zero-order valence-corrected chi connectivity index (χ0v) is 11.6. The Labute approximate surface area is 113 Å². The Morgan fingerprint density at radius 2 is 2.05 bits per heavy atom. The van der Waals surface area contributed by atoms with Gasteiger partial charge in [-0.15, -0.1) is 0 Å². The molecule has 1 aromatic rings. The molecule has 8 heteroatoms. The van der Waals surface area contributed by atoms with Crippen molar-refractivity contribution in [3.05, 3.63) is 16.4 Å². The molecule has 0 radical (unpaired) electrons. The van der Waals surface area contributed by atoms with E-state index in [9.17, 15) is 18.0 Å². The molecule has 0 unspecified atom stereocenters. The van der Waals surface area contributed by atoms with E-state index in [2.05, 4.69) is 10.4 Å². The summed E-state index contributed by atoms with van der Waals surface area (Å²) >= 11 is 5.57. The zero-order chi connectivity index (χ0) is 14.8. The molecule has 0 aromatic carbocycles. The molecule has 1 aromatic heterocycles. The second-order valence-electron chi connectivity index (χ2n) is 4.60. The van der Waals surface area contributed by atoms with Crippen LogP contribution >= 0.6 is 11.6 Å². The van der Waals surface area contributed by atoms with Crippen molar-refractivity contribution in [2.24, 2.45) is 5.92 Å². The van der Waals surface area contributed by atoms with Crippen molar-refractivity contribution in [2.45, 2.75) is 33.5 Å². The topological polar surface area (TPSA) is 46.9 Å². The third-order valence-corrected chi connectivity index (χ3v) is 2.86. The molecule has 0 saturated carbocycles. The Hall–Kier alpha value is -1.24. The van der Waals surface area contributed by atoms with Crippen molar-refractivity contribution >= 4 is 17.5 Å². The van der Waals surface area contributed by atoms with Gasteiger partial charge in [-0.25, -0.2) is 0 Å². The van der Waals surface area contributed by atoms with E-state index in [1.54, 1.807) is 0 Å². The minimum Gasteiger partial charge on any atom is -0.354 e. The lowest BCUT2D eigenvalue weighted by atomic mass is 10.2. The Morgan fingerprint density at radius 3 is 2.47 bits per heavy atom. The van der Waals surface area contributed by atoms with Crippen LogP contribution in [0, 0.1) is 12.8 Å². The highest BCUT2D eigenvalue weighted by Gasteiger charge is 2.38. The highest BCUT2D eigenvalue weighted by Crippen LogP contribution is 2.35. The van der Waals surface area contributed by atoms with Gasteiger partial charge in [0.2, 0.25) is 5.91 Å². The number of carbonyl (C=O) groups is 1. The van der Waals surface area contributed by atoms with Crippen molar-refractivity contribution in [1.29, 1.82) is 0 Å². The molecule has 19 heavy (non-hydrogen) atoms. The lowest BCUT2D eigenvalue weighted by molar-refractivity contribution is -0.141. The highest BCUT2D eigenvalue weighted by molar-refractivity contribution is 6.31. The fraction of sp³-hybridized carbons (Fsp3) is 0.636. The lowest BCUT2D eigenvalue weighted by Gasteiger charge is -2.08. The van der Waals surface area contributed by atoms with Crippen molar-refractivity contribution < 1.29 is 18.0 Å². The number of nitrogens with zero attached hydrogens (tertiary/aromatic N) is 2. The first-order valence-electron chi connectivity index (χ1n) is 5.69. The number of aromatic nitrogens is 2. The molecule has 0 aliphatic heterocycles. The van der Waals surface area contributed by atoms with Crippen LogP contribution in [0.5, 0.6) is 0 Å². The molecule has 0 fully saturated rings. The van der Waals surface area contributed by atoms with Crippen molar-refractivity contribution in [1.82, 2.24) is 15.1 Å². The predicted octanol–water partition coefficient (Wildman–Crippen LogP) is 2.64. The Kier molecular flexibility index (Phi) is 4.84. The van der Waals surface area contributed by atoms with Gasteiger partial charge in [-0.3, -0.25) is 9.48 Å². The second kappa shape index (κ2) is 5.81. The predicted molar refractivity (Wildman–Crippen MR) is 64.8 cm³/mol. The van der Waals surface area contributed by atoms with Gasteiger partial charge in [0.15, 0.2) is 5.69 Å². The first-order valence-corrected chi connectivity index (χ1v) is 6.07. The molecule has 4 nitrogen and oxygen atoms in total.